The number of benzene rings is 2. The molecule has 0 saturated heterocycles. The van der Waals surface area contributed by atoms with Gasteiger partial charge in [0.2, 0.25) is 0 Å². The molecule has 3 nitrogen and oxygen atoms in total. The molecule has 26 heavy (non-hydrogen) atoms. The Hall–Kier alpha value is -2.46. The van der Waals surface area contributed by atoms with Gasteiger partial charge in [0.15, 0.2) is 0 Å². The van der Waals surface area contributed by atoms with E-state index in [2.05, 4.69) is 17.9 Å². The van der Waals surface area contributed by atoms with Gasteiger partial charge in [-0.15, -0.1) is 0 Å². The van der Waals surface area contributed by atoms with Crippen molar-refractivity contribution in [2.75, 3.05) is 7.05 Å². The van der Waals surface area contributed by atoms with Crippen LogP contribution in [0.15, 0.2) is 51.7 Å². The smallest absolute Gasteiger partial charge is 0.336 e. The van der Waals surface area contributed by atoms with Crippen LogP contribution < -0.4 is 5.63 Å². The average molecular weight is 351 g/mol. The minimum atomic E-state index is -0.312. The summed E-state index contributed by atoms with van der Waals surface area (Å²) in [5.74, 6) is -0.232. The maximum absolute atomic E-state index is 13.2. The van der Waals surface area contributed by atoms with Gasteiger partial charge in [0.05, 0.1) is 0 Å². The van der Waals surface area contributed by atoms with E-state index in [0.29, 0.717) is 12.1 Å². The first-order valence-corrected chi connectivity index (χ1v) is 9.05. The highest BCUT2D eigenvalue weighted by Gasteiger charge is 2.18. The number of hydrogen-bond donors (Lipinski definition) is 0. The first-order chi connectivity index (χ1) is 12.5. The van der Waals surface area contributed by atoms with Crippen LogP contribution in [-0.4, -0.2) is 11.9 Å². The topological polar surface area (TPSA) is 33.5 Å². The summed E-state index contributed by atoms with van der Waals surface area (Å²) in [6.45, 7) is 2.71. The van der Waals surface area contributed by atoms with Crippen LogP contribution in [0.25, 0.3) is 11.0 Å². The molecule has 1 aliphatic rings. The van der Waals surface area contributed by atoms with E-state index in [9.17, 15) is 9.18 Å². The molecule has 1 unspecified atom stereocenters. The van der Waals surface area contributed by atoms with E-state index in [4.69, 9.17) is 4.42 Å². The van der Waals surface area contributed by atoms with Crippen molar-refractivity contribution in [1.82, 2.24) is 4.90 Å². The Bertz CT molecular complexity index is 1010. The van der Waals surface area contributed by atoms with Gasteiger partial charge >= 0.3 is 5.63 Å². The average Bonchev–Trinajstić information content (AvgIpc) is 3.07. The summed E-state index contributed by atoms with van der Waals surface area (Å²) in [5.41, 5.74) is 5.04. The molecule has 0 radical (unpaired) electrons. The van der Waals surface area contributed by atoms with Crippen molar-refractivity contribution in [2.24, 2.45) is 0 Å². The Balaban J connectivity index is 1.67. The van der Waals surface area contributed by atoms with Gasteiger partial charge in [0.1, 0.15) is 11.4 Å². The fourth-order valence-corrected chi connectivity index (χ4v) is 3.83. The lowest BCUT2D eigenvalue weighted by atomic mass is 10.0. The van der Waals surface area contributed by atoms with Crippen LogP contribution in [-0.2, 0) is 19.4 Å². The summed E-state index contributed by atoms with van der Waals surface area (Å²) < 4.78 is 18.6. The zero-order valence-electron chi connectivity index (χ0n) is 15.1. The fourth-order valence-electron chi connectivity index (χ4n) is 3.83. The Morgan fingerprint density at radius 2 is 1.81 bits per heavy atom. The van der Waals surface area contributed by atoms with E-state index < -0.39 is 0 Å². The van der Waals surface area contributed by atoms with Gasteiger partial charge in [0, 0.05) is 24.0 Å². The second kappa shape index (κ2) is 6.69. The van der Waals surface area contributed by atoms with Crippen LogP contribution >= 0.6 is 0 Å². The minimum Gasteiger partial charge on any atom is -0.423 e. The summed E-state index contributed by atoms with van der Waals surface area (Å²) in [4.78, 5) is 14.2. The Labute approximate surface area is 152 Å². The highest BCUT2D eigenvalue weighted by atomic mass is 19.1. The lowest BCUT2D eigenvalue weighted by Crippen LogP contribution is -2.22. The van der Waals surface area contributed by atoms with E-state index in [1.165, 1.54) is 23.3 Å². The SMILES string of the molecule is CC(c1ccc(F)cc1)N(C)Cc1cc(=O)oc2cc3c(cc12)CCC3. The molecule has 0 bridgehead atoms. The molecule has 0 amide bonds. The highest BCUT2D eigenvalue weighted by Crippen LogP contribution is 2.30. The fraction of sp³-hybridized carbons (Fsp3) is 0.318. The van der Waals surface area contributed by atoms with Crippen molar-refractivity contribution < 1.29 is 8.81 Å². The van der Waals surface area contributed by atoms with E-state index in [0.717, 1.165) is 35.8 Å². The third-order valence-corrected chi connectivity index (χ3v) is 5.48. The van der Waals surface area contributed by atoms with Gasteiger partial charge in [0.25, 0.3) is 0 Å². The molecule has 1 heterocycles. The lowest BCUT2D eigenvalue weighted by molar-refractivity contribution is 0.253. The molecule has 2 aromatic carbocycles. The van der Waals surface area contributed by atoms with Crippen molar-refractivity contribution in [3.05, 3.63) is 81.0 Å². The van der Waals surface area contributed by atoms with E-state index in [-0.39, 0.29) is 17.5 Å². The Kier molecular flexibility index (Phi) is 4.37. The zero-order valence-corrected chi connectivity index (χ0v) is 15.1. The van der Waals surface area contributed by atoms with Gasteiger partial charge in [-0.2, -0.15) is 0 Å². The predicted molar refractivity (Wildman–Crippen MR) is 101 cm³/mol. The molecule has 134 valence electrons. The van der Waals surface area contributed by atoms with Crippen LogP contribution in [0.5, 0.6) is 0 Å². The van der Waals surface area contributed by atoms with Crippen molar-refractivity contribution in [1.29, 1.82) is 0 Å². The predicted octanol–water partition coefficient (Wildman–Crippen LogP) is 4.61. The molecular formula is C22H22FNO2. The first kappa shape index (κ1) is 17.0. The first-order valence-electron chi connectivity index (χ1n) is 9.05. The van der Waals surface area contributed by atoms with Crippen molar-refractivity contribution in [2.45, 2.75) is 38.8 Å². The van der Waals surface area contributed by atoms with Crippen LogP contribution in [0.4, 0.5) is 4.39 Å². The monoisotopic (exact) mass is 351 g/mol. The normalized spacial score (nSPS) is 14.8. The van der Waals surface area contributed by atoms with Crippen LogP contribution in [0, 0.1) is 5.82 Å². The molecule has 0 fully saturated rings. The maximum atomic E-state index is 13.2. The zero-order chi connectivity index (χ0) is 18.3. The highest BCUT2D eigenvalue weighted by molar-refractivity contribution is 5.82. The molecule has 4 rings (SSSR count). The molecule has 0 spiro atoms. The van der Waals surface area contributed by atoms with E-state index in [1.54, 1.807) is 18.2 Å². The molecule has 0 N–H and O–H groups in total. The molecule has 1 aromatic heterocycles. The number of aryl methyl sites for hydroxylation is 2. The van der Waals surface area contributed by atoms with Crippen molar-refractivity contribution in [3.63, 3.8) is 0 Å². The number of hydrogen-bond acceptors (Lipinski definition) is 3. The molecule has 4 heteroatoms. The van der Waals surface area contributed by atoms with E-state index >= 15 is 0 Å². The van der Waals surface area contributed by atoms with Crippen molar-refractivity contribution in [3.8, 4) is 0 Å². The third-order valence-electron chi connectivity index (χ3n) is 5.48. The van der Waals surface area contributed by atoms with Gasteiger partial charge < -0.3 is 4.42 Å². The summed E-state index contributed by atoms with van der Waals surface area (Å²) in [6.07, 6.45) is 3.30. The third kappa shape index (κ3) is 3.17. The molecule has 1 aliphatic carbocycles. The summed E-state index contributed by atoms with van der Waals surface area (Å²) >= 11 is 0. The quantitative estimate of drug-likeness (QED) is 0.644. The summed E-state index contributed by atoms with van der Waals surface area (Å²) in [6, 6.07) is 12.5. The van der Waals surface area contributed by atoms with Gasteiger partial charge in [-0.1, -0.05) is 12.1 Å². The van der Waals surface area contributed by atoms with Crippen LogP contribution in [0.2, 0.25) is 0 Å². The number of nitrogens with zero attached hydrogens (tertiary/aromatic N) is 1. The summed E-state index contributed by atoms with van der Waals surface area (Å²) in [5, 5.41) is 1.02. The molecule has 1 atom stereocenters. The Morgan fingerprint density at radius 3 is 2.54 bits per heavy atom. The second-order valence-corrected chi connectivity index (χ2v) is 7.20. The summed E-state index contributed by atoms with van der Waals surface area (Å²) in [7, 11) is 2.02. The minimum absolute atomic E-state index is 0.104. The van der Waals surface area contributed by atoms with Crippen molar-refractivity contribution >= 4 is 11.0 Å². The molecule has 3 aromatic rings. The lowest BCUT2D eigenvalue weighted by Gasteiger charge is -2.25. The van der Waals surface area contributed by atoms with Gasteiger partial charge in [-0.25, -0.2) is 9.18 Å². The van der Waals surface area contributed by atoms with Gasteiger partial charge in [-0.3, -0.25) is 4.90 Å². The standard InChI is InChI=1S/C22H22FNO2/c1-14(15-6-8-19(23)9-7-15)24(2)13-18-12-22(25)26-21-11-17-5-3-4-16(17)10-20(18)21/h6-12,14H,3-5,13H2,1-2H3. The van der Waals surface area contributed by atoms with Crippen LogP contribution in [0.1, 0.15) is 41.6 Å². The molecular weight excluding hydrogens is 329 g/mol. The Morgan fingerprint density at radius 1 is 1.12 bits per heavy atom. The van der Waals surface area contributed by atoms with Crippen LogP contribution in [0.3, 0.4) is 0 Å². The number of fused-ring (bicyclic) bond motifs is 2. The maximum Gasteiger partial charge on any atom is 0.336 e. The van der Waals surface area contributed by atoms with Gasteiger partial charge in [-0.05, 0) is 79.8 Å². The largest absolute Gasteiger partial charge is 0.423 e. The number of rotatable bonds is 4. The second-order valence-electron chi connectivity index (χ2n) is 7.20. The number of halogens is 1. The molecule has 0 saturated carbocycles. The molecule has 0 aliphatic heterocycles. The van der Waals surface area contributed by atoms with E-state index in [1.807, 2.05) is 13.1 Å².